The zero-order valence-electron chi connectivity index (χ0n) is 11.1. The fourth-order valence-electron chi connectivity index (χ4n) is 1.82. The van der Waals surface area contributed by atoms with Gasteiger partial charge in [-0.1, -0.05) is 12.1 Å². The molecule has 0 unspecified atom stereocenters. The number of nitrogens with two attached hydrogens (primary N) is 1. The zero-order chi connectivity index (χ0) is 15.4. The van der Waals surface area contributed by atoms with Crippen molar-refractivity contribution < 1.29 is 4.92 Å². The Kier molecular flexibility index (Phi) is 3.97. The molecular formula is C13H12N6O2. The van der Waals surface area contributed by atoms with E-state index in [-0.39, 0.29) is 17.3 Å². The number of nitrogens with zero attached hydrogens (tertiary/aromatic N) is 3. The van der Waals surface area contributed by atoms with Crippen LogP contribution in [0.2, 0.25) is 0 Å². The molecule has 0 atom stereocenters. The lowest BCUT2D eigenvalue weighted by molar-refractivity contribution is -0.384. The largest absolute Gasteiger partial charge is 0.333 e. The quantitative estimate of drug-likeness (QED) is 0.445. The minimum atomic E-state index is -0.558. The summed E-state index contributed by atoms with van der Waals surface area (Å²) >= 11 is 0. The Morgan fingerprint density at radius 3 is 2.76 bits per heavy atom. The number of benzene rings is 1. The molecule has 1 heterocycles. The first kappa shape index (κ1) is 14.2. The average molecular weight is 284 g/mol. The number of pyridine rings is 1. The van der Waals surface area contributed by atoms with Crippen LogP contribution in [-0.4, -0.2) is 9.91 Å². The fourth-order valence-corrected chi connectivity index (χ4v) is 1.82. The van der Waals surface area contributed by atoms with Gasteiger partial charge in [-0.25, -0.2) is 10.8 Å². The van der Waals surface area contributed by atoms with E-state index >= 15 is 0 Å². The standard InChI is InChI=1S/C13H12N6O2/c1-8-3-2-4-10(9(8)7-14)16-13-11(19(20)21)5-6-12(17-13)18-15/h2-6H,15H2,1H3,(H2,16,17,18). The van der Waals surface area contributed by atoms with Gasteiger partial charge in [-0.15, -0.1) is 0 Å². The highest BCUT2D eigenvalue weighted by atomic mass is 16.6. The van der Waals surface area contributed by atoms with Crippen molar-refractivity contribution in [1.29, 1.82) is 5.26 Å². The third-order valence-corrected chi connectivity index (χ3v) is 2.86. The number of nitriles is 1. The molecule has 1 aromatic heterocycles. The summed E-state index contributed by atoms with van der Waals surface area (Å²) in [7, 11) is 0. The number of hydrogen-bond acceptors (Lipinski definition) is 7. The summed E-state index contributed by atoms with van der Waals surface area (Å²) in [6.45, 7) is 1.78. The fraction of sp³-hybridized carbons (Fsp3) is 0.0769. The number of rotatable bonds is 4. The molecule has 0 aliphatic heterocycles. The highest BCUT2D eigenvalue weighted by Crippen LogP contribution is 2.29. The topological polar surface area (TPSA) is 130 Å². The van der Waals surface area contributed by atoms with Gasteiger partial charge in [0.1, 0.15) is 11.9 Å². The second-order valence-corrected chi connectivity index (χ2v) is 4.20. The number of hydrazine groups is 1. The Bertz CT molecular complexity index is 738. The molecule has 0 saturated heterocycles. The van der Waals surface area contributed by atoms with Gasteiger partial charge >= 0.3 is 5.69 Å². The Balaban J connectivity index is 2.51. The van der Waals surface area contributed by atoms with Gasteiger partial charge < -0.3 is 10.7 Å². The summed E-state index contributed by atoms with van der Waals surface area (Å²) in [5, 5.41) is 23.0. The monoisotopic (exact) mass is 284 g/mol. The minimum absolute atomic E-state index is 0.0116. The Labute approximate surface area is 120 Å². The van der Waals surface area contributed by atoms with E-state index in [1.807, 2.05) is 0 Å². The first-order valence-electron chi connectivity index (χ1n) is 5.95. The van der Waals surface area contributed by atoms with Gasteiger partial charge in [0.25, 0.3) is 0 Å². The van der Waals surface area contributed by atoms with E-state index in [0.29, 0.717) is 11.3 Å². The lowest BCUT2D eigenvalue weighted by Crippen LogP contribution is -2.10. The molecular weight excluding hydrogens is 272 g/mol. The van der Waals surface area contributed by atoms with E-state index < -0.39 is 4.92 Å². The maximum atomic E-state index is 11.0. The zero-order valence-corrected chi connectivity index (χ0v) is 11.1. The molecule has 2 aromatic rings. The lowest BCUT2D eigenvalue weighted by atomic mass is 10.1. The Morgan fingerprint density at radius 2 is 2.14 bits per heavy atom. The highest BCUT2D eigenvalue weighted by molar-refractivity contribution is 5.72. The van der Waals surface area contributed by atoms with E-state index in [1.165, 1.54) is 12.1 Å². The van der Waals surface area contributed by atoms with Crippen molar-refractivity contribution in [1.82, 2.24) is 4.98 Å². The van der Waals surface area contributed by atoms with Crippen LogP contribution in [0.5, 0.6) is 0 Å². The summed E-state index contributed by atoms with van der Waals surface area (Å²) in [6.07, 6.45) is 0. The predicted molar refractivity (Wildman–Crippen MR) is 77.9 cm³/mol. The predicted octanol–water partition coefficient (Wildman–Crippen LogP) is 2.20. The van der Waals surface area contributed by atoms with Crippen molar-refractivity contribution in [2.75, 3.05) is 10.7 Å². The van der Waals surface area contributed by atoms with E-state index in [9.17, 15) is 15.4 Å². The van der Waals surface area contributed by atoms with Crippen molar-refractivity contribution in [2.24, 2.45) is 5.84 Å². The molecule has 0 spiro atoms. The van der Waals surface area contributed by atoms with E-state index in [2.05, 4.69) is 21.8 Å². The van der Waals surface area contributed by atoms with Gasteiger partial charge in [-0.3, -0.25) is 10.1 Å². The van der Waals surface area contributed by atoms with Crippen LogP contribution < -0.4 is 16.6 Å². The molecule has 8 nitrogen and oxygen atoms in total. The van der Waals surface area contributed by atoms with Crippen LogP contribution in [0, 0.1) is 28.4 Å². The van der Waals surface area contributed by atoms with Crippen LogP contribution in [0.25, 0.3) is 0 Å². The van der Waals surface area contributed by atoms with Crippen LogP contribution >= 0.6 is 0 Å². The van der Waals surface area contributed by atoms with E-state index in [1.54, 1.807) is 25.1 Å². The van der Waals surface area contributed by atoms with Crippen molar-refractivity contribution >= 4 is 23.0 Å². The summed E-state index contributed by atoms with van der Waals surface area (Å²) < 4.78 is 0. The van der Waals surface area contributed by atoms with Crippen molar-refractivity contribution in [3.8, 4) is 6.07 Å². The highest BCUT2D eigenvalue weighted by Gasteiger charge is 2.17. The first-order chi connectivity index (χ1) is 10.1. The molecule has 0 amide bonds. The normalized spacial score (nSPS) is 9.76. The molecule has 1 aromatic carbocycles. The molecule has 0 radical (unpaired) electrons. The number of aryl methyl sites for hydroxylation is 1. The van der Waals surface area contributed by atoms with Crippen molar-refractivity contribution in [3.63, 3.8) is 0 Å². The third kappa shape index (κ3) is 2.88. The van der Waals surface area contributed by atoms with E-state index in [0.717, 1.165) is 5.56 Å². The van der Waals surface area contributed by atoms with Crippen molar-refractivity contribution in [2.45, 2.75) is 6.92 Å². The van der Waals surface area contributed by atoms with Gasteiger partial charge in [0.2, 0.25) is 5.82 Å². The van der Waals surface area contributed by atoms with Gasteiger partial charge in [-0.05, 0) is 24.6 Å². The average Bonchev–Trinajstić information content (AvgIpc) is 2.47. The lowest BCUT2D eigenvalue weighted by Gasteiger charge is -2.10. The molecule has 21 heavy (non-hydrogen) atoms. The van der Waals surface area contributed by atoms with Crippen LogP contribution in [0.1, 0.15) is 11.1 Å². The molecule has 8 heteroatoms. The maximum absolute atomic E-state index is 11.0. The molecule has 0 aliphatic rings. The number of nitrogens with one attached hydrogen (secondary N) is 2. The molecule has 0 fully saturated rings. The maximum Gasteiger partial charge on any atom is 0.311 e. The van der Waals surface area contributed by atoms with Crippen molar-refractivity contribution in [3.05, 3.63) is 51.6 Å². The van der Waals surface area contributed by atoms with Gasteiger partial charge in [0, 0.05) is 6.07 Å². The number of anilines is 3. The van der Waals surface area contributed by atoms with Crippen LogP contribution in [0.4, 0.5) is 23.0 Å². The molecule has 2 rings (SSSR count). The van der Waals surface area contributed by atoms with E-state index in [4.69, 9.17) is 5.84 Å². The SMILES string of the molecule is Cc1cccc(Nc2nc(NN)ccc2[N+](=O)[O-])c1C#N. The summed E-state index contributed by atoms with van der Waals surface area (Å²) in [5.41, 5.74) is 3.72. The Hall–Kier alpha value is -3.18. The van der Waals surface area contributed by atoms with Crippen LogP contribution in [0.3, 0.4) is 0 Å². The second kappa shape index (κ2) is 5.85. The number of hydrogen-bond donors (Lipinski definition) is 3. The third-order valence-electron chi connectivity index (χ3n) is 2.86. The van der Waals surface area contributed by atoms with Crippen LogP contribution in [0.15, 0.2) is 30.3 Å². The number of nitro groups is 1. The molecule has 0 aliphatic carbocycles. The summed E-state index contributed by atoms with van der Waals surface area (Å²) in [5.74, 6) is 5.54. The number of nitrogen functional groups attached to an aromatic ring is 1. The Morgan fingerprint density at radius 1 is 1.38 bits per heavy atom. The van der Waals surface area contributed by atoms with Crippen LogP contribution in [-0.2, 0) is 0 Å². The number of aromatic nitrogens is 1. The molecule has 4 N–H and O–H groups in total. The second-order valence-electron chi connectivity index (χ2n) is 4.20. The minimum Gasteiger partial charge on any atom is -0.333 e. The van der Waals surface area contributed by atoms with Gasteiger partial charge in [-0.2, -0.15) is 5.26 Å². The molecule has 0 bridgehead atoms. The molecule has 0 saturated carbocycles. The smallest absolute Gasteiger partial charge is 0.311 e. The van der Waals surface area contributed by atoms with Gasteiger partial charge in [0.15, 0.2) is 0 Å². The van der Waals surface area contributed by atoms with Gasteiger partial charge in [0.05, 0.1) is 16.2 Å². The summed E-state index contributed by atoms with van der Waals surface area (Å²) in [6, 6.07) is 9.92. The molecule has 106 valence electrons. The first-order valence-corrected chi connectivity index (χ1v) is 5.95. The summed E-state index contributed by atoms with van der Waals surface area (Å²) in [4.78, 5) is 14.5.